The maximum Gasteiger partial charge on any atom is 0.304 e. The minimum absolute atomic E-state index is 0.348. The Kier molecular flexibility index (Phi) is 5.00. The highest BCUT2D eigenvalue weighted by Crippen LogP contribution is 2.19. The Morgan fingerprint density at radius 3 is 2.57 bits per heavy atom. The summed E-state index contributed by atoms with van der Waals surface area (Å²) in [6.45, 7) is 1.94. The number of hydrogen-bond donors (Lipinski definition) is 2. The lowest BCUT2D eigenvalue weighted by Crippen LogP contribution is -2.30. The Morgan fingerprint density at radius 1 is 1.29 bits per heavy atom. The van der Waals surface area contributed by atoms with Crippen molar-refractivity contribution < 1.29 is 18.3 Å². The van der Waals surface area contributed by atoms with Crippen LogP contribution in [0.3, 0.4) is 0 Å². The van der Waals surface area contributed by atoms with Crippen LogP contribution in [0.15, 0.2) is 18.3 Å². The number of anilines is 2. The van der Waals surface area contributed by atoms with Gasteiger partial charge in [0.1, 0.15) is 5.82 Å². The Balaban J connectivity index is 1.97. The predicted octanol–water partition coefficient (Wildman–Crippen LogP) is 1.29. The van der Waals surface area contributed by atoms with Crippen LogP contribution in [0, 0.1) is 0 Å². The lowest BCUT2D eigenvalue weighted by atomic mass is 10.1. The molecule has 1 aromatic heterocycles. The predicted molar refractivity (Wildman–Crippen MR) is 80.0 cm³/mol. The summed E-state index contributed by atoms with van der Waals surface area (Å²) in [5, 5.41) is 8.51. The molecule has 2 heterocycles. The Bertz CT molecular complexity index is 580. The molecule has 116 valence electrons. The number of aliphatic carboxylic acids is 1. The molecule has 1 aliphatic rings. The SMILES string of the molecule is O=C(O)CCS(=O)(=O)Nc1ccc(N2CCCCC2)nc1. The van der Waals surface area contributed by atoms with E-state index in [-0.39, 0.29) is 0 Å². The van der Waals surface area contributed by atoms with Crippen molar-refractivity contribution in [2.45, 2.75) is 25.7 Å². The van der Waals surface area contributed by atoms with Crippen LogP contribution in [0.5, 0.6) is 0 Å². The zero-order valence-electron chi connectivity index (χ0n) is 11.7. The molecule has 1 aromatic rings. The van der Waals surface area contributed by atoms with Gasteiger partial charge in [-0.05, 0) is 31.4 Å². The van der Waals surface area contributed by atoms with Crippen LogP contribution in [0.25, 0.3) is 0 Å². The maximum atomic E-state index is 11.7. The van der Waals surface area contributed by atoms with E-state index in [2.05, 4.69) is 14.6 Å². The fraction of sp³-hybridized carbons (Fsp3) is 0.538. The van der Waals surface area contributed by atoms with Gasteiger partial charge < -0.3 is 10.0 Å². The van der Waals surface area contributed by atoms with Crippen molar-refractivity contribution in [3.8, 4) is 0 Å². The number of sulfonamides is 1. The molecule has 0 aromatic carbocycles. The summed E-state index contributed by atoms with van der Waals surface area (Å²) in [7, 11) is -3.65. The molecule has 0 spiro atoms. The largest absolute Gasteiger partial charge is 0.481 e. The normalized spacial score (nSPS) is 15.7. The average molecular weight is 313 g/mol. The van der Waals surface area contributed by atoms with E-state index in [1.165, 1.54) is 12.6 Å². The van der Waals surface area contributed by atoms with Crippen LogP contribution in [0.1, 0.15) is 25.7 Å². The van der Waals surface area contributed by atoms with Crippen LogP contribution in [0.2, 0.25) is 0 Å². The second-order valence-corrected chi connectivity index (χ2v) is 6.86. The van der Waals surface area contributed by atoms with Gasteiger partial charge in [-0.2, -0.15) is 0 Å². The topological polar surface area (TPSA) is 99.6 Å². The summed E-state index contributed by atoms with van der Waals surface area (Å²) in [5.74, 6) is -0.752. The van der Waals surface area contributed by atoms with E-state index in [4.69, 9.17) is 5.11 Å². The monoisotopic (exact) mass is 313 g/mol. The zero-order valence-corrected chi connectivity index (χ0v) is 12.5. The summed E-state index contributed by atoms with van der Waals surface area (Å²) in [4.78, 5) is 16.8. The molecule has 1 fully saturated rings. The number of piperidine rings is 1. The zero-order chi connectivity index (χ0) is 15.3. The van der Waals surface area contributed by atoms with Gasteiger partial charge in [0.15, 0.2) is 0 Å². The molecule has 2 rings (SSSR count). The molecule has 0 radical (unpaired) electrons. The van der Waals surface area contributed by atoms with Crippen LogP contribution in [-0.4, -0.2) is 43.3 Å². The van der Waals surface area contributed by atoms with Gasteiger partial charge in [-0.15, -0.1) is 0 Å². The van der Waals surface area contributed by atoms with E-state index in [0.29, 0.717) is 5.69 Å². The van der Waals surface area contributed by atoms with Gasteiger partial charge in [-0.3, -0.25) is 9.52 Å². The smallest absolute Gasteiger partial charge is 0.304 e. The van der Waals surface area contributed by atoms with E-state index in [9.17, 15) is 13.2 Å². The number of carboxylic acid groups (broad SMARTS) is 1. The van der Waals surface area contributed by atoms with E-state index in [0.717, 1.165) is 31.7 Å². The second-order valence-electron chi connectivity index (χ2n) is 5.02. The third-order valence-electron chi connectivity index (χ3n) is 3.29. The van der Waals surface area contributed by atoms with Gasteiger partial charge >= 0.3 is 5.97 Å². The molecule has 21 heavy (non-hydrogen) atoms. The summed E-state index contributed by atoms with van der Waals surface area (Å²) in [6, 6.07) is 3.43. The van der Waals surface area contributed by atoms with Gasteiger partial charge in [0.2, 0.25) is 10.0 Å². The van der Waals surface area contributed by atoms with Crippen LogP contribution < -0.4 is 9.62 Å². The first-order chi connectivity index (χ1) is 9.96. The molecule has 8 heteroatoms. The van der Waals surface area contributed by atoms with Crippen LogP contribution in [-0.2, 0) is 14.8 Å². The van der Waals surface area contributed by atoms with E-state index in [1.807, 2.05) is 0 Å². The van der Waals surface area contributed by atoms with Gasteiger partial charge in [0.05, 0.1) is 24.1 Å². The highest BCUT2D eigenvalue weighted by atomic mass is 32.2. The summed E-state index contributed by atoms with van der Waals surface area (Å²) >= 11 is 0. The molecule has 7 nitrogen and oxygen atoms in total. The quantitative estimate of drug-likeness (QED) is 0.821. The summed E-state index contributed by atoms with van der Waals surface area (Å²) in [6.07, 6.45) is 4.56. The molecule has 1 aliphatic heterocycles. The van der Waals surface area contributed by atoms with Crippen molar-refractivity contribution in [1.29, 1.82) is 0 Å². The summed E-state index contributed by atoms with van der Waals surface area (Å²) < 4.78 is 25.7. The van der Waals surface area contributed by atoms with E-state index >= 15 is 0 Å². The highest BCUT2D eigenvalue weighted by Gasteiger charge is 2.15. The molecule has 0 amide bonds. The third-order valence-corrected chi connectivity index (χ3v) is 4.57. The van der Waals surface area contributed by atoms with Crippen molar-refractivity contribution in [3.05, 3.63) is 18.3 Å². The fourth-order valence-electron chi connectivity index (χ4n) is 2.21. The van der Waals surface area contributed by atoms with Gasteiger partial charge in [-0.25, -0.2) is 13.4 Å². The molecule has 0 aliphatic carbocycles. The molecule has 0 bridgehead atoms. The second kappa shape index (κ2) is 6.75. The van der Waals surface area contributed by atoms with Crippen LogP contribution >= 0.6 is 0 Å². The Labute approximate surface area is 124 Å². The minimum Gasteiger partial charge on any atom is -0.481 e. The van der Waals surface area contributed by atoms with E-state index < -0.39 is 28.2 Å². The van der Waals surface area contributed by atoms with Crippen molar-refractivity contribution in [2.24, 2.45) is 0 Å². The lowest BCUT2D eigenvalue weighted by Gasteiger charge is -2.27. The first-order valence-electron chi connectivity index (χ1n) is 6.89. The standard InChI is InChI=1S/C13H19N3O4S/c17-13(18)6-9-21(19,20)15-11-4-5-12(14-10-11)16-7-2-1-3-8-16/h4-5,10,15H,1-3,6-9H2,(H,17,18). The van der Waals surface area contributed by atoms with Crippen LogP contribution in [0.4, 0.5) is 11.5 Å². The minimum atomic E-state index is -3.65. The summed E-state index contributed by atoms with van der Waals surface area (Å²) in [5.41, 5.74) is 0.348. The fourth-order valence-corrected chi connectivity index (χ4v) is 3.23. The number of carbonyl (C=O) groups is 1. The molecule has 1 saturated heterocycles. The molecule has 2 N–H and O–H groups in total. The molecule has 0 saturated carbocycles. The van der Waals surface area contributed by atoms with Crippen molar-refractivity contribution >= 4 is 27.5 Å². The molecule has 0 unspecified atom stereocenters. The Morgan fingerprint density at radius 2 is 2.00 bits per heavy atom. The number of nitrogens with one attached hydrogen (secondary N) is 1. The Hall–Kier alpha value is -1.83. The molecule has 0 atom stereocenters. The van der Waals surface area contributed by atoms with Crippen molar-refractivity contribution in [1.82, 2.24) is 4.98 Å². The maximum absolute atomic E-state index is 11.7. The van der Waals surface area contributed by atoms with Crippen molar-refractivity contribution in [3.63, 3.8) is 0 Å². The molecular formula is C13H19N3O4S. The van der Waals surface area contributed by atoms with Crippen molar-refractivity contribution in [2.75, 3.05) is 28.5 Å². The number of rotatable bonds is 6. The average Bonchev–Trinajstić information content (AvgIpc) is 2.47. The van der Waals surface area contributed by atoms with Gasteiger partial charge in [-0.1, -0.05) is 0 Å². The third kappa shape index (κ3) is 4.89. The highest BCUT2D eigenvalue weighted by molar-refractivity contribution is 7.92. The molecular weight excluding hydrogens is 294 g/mol. The van der Waals surface area contributed by atoms with E-state index in [1.54, 1.807) is 12.1 Å². The number of hydrogen-bond acceptors (Lipinski definition) is 5. The van der Waals surface area contributed by atoms with Gasteiger partial charge in [0, 0.05) is 13.1 Å². The number of aromatic nitrogens is 1. The lowest BCUT2D eigenvalue weighted by molar-refractivity contribution is -0.136. The first-order valence-corrected chi connectivity index (χ1v) is 8.55. The van der Waals surface area contributed by atoms with Gasteiger partial charge in [0.25, 0.3) is 0 Å². The number of carboxylic acids is 1. The first kappa shape index (κ1) is 15.6. The number of nitrogens with zero attached hydrogens (tertiary/aromatic N) is 2. The number of pyridine rings is 1.